The zero-order chi connectivity index (χ0) is 21.4. The summed E-state index contributed by atoms with van der Waals surface area (Å²) in [6.07, 6.45) is 4.52. The molecule has 29 heavy (non-hydrogen) atoms. The molecule has 0 aromatic heterocycles. The van der Waals surface area contributed by atoms with E-state index in [-0.39, 0.29) is 23.9 Å². The zero-order valence-corrected chi connectivity index (χ0v) is 18.3. The summed E-state index contributed by atoms with van der Waals surface area (Å²) in [6.45, 7) is 6.01. The fourth-order valence-corrected chi connectivity index (χ4v) is 4.01. The summed E-state index contributed by atoms with van der Waals surface area (Å²) < 4.78 is 41.1. The van der Waals surface area contributed by atoms with Gasteiger partial charge in [0.2, 0.25) is 15.9 Å². The fourth-order valence-electron chi connectivity index (χ4n) is 2.56. The summed E-state index contributed by atoms with van der Waals surface area (Å²) >= 11 is 3.30. The summed E-state index contributed by atoms with van der Waals surface area (Å²) in [5.41, 5.74) is 1.06. The van der Waals surface area contributed by atoms with Gasteiger partial charge in [-0.15, -0.1) is 6.58 Å². The number of sulfonamides is 1. The molecule has 1 amide bonds. The second-order valence-corrected chi connectivity index (χ2v) is 8.83. The molecule has 2 rings (SSSR count). The van der Waals surface area contributed by atoms with Gasteiger partial charge in [-0.05, 0) is 42.0 Å². The summed E-state index contributed by atoms with van der Waals surface area (Å²) in [4.78, 5) is 14.2. The van der Waals surface area contributed by atoms with E-state index in [1.54, 1.807) is 43.3 Å². The molecule has 0 atom stereocenters. The molecule has 1 N–H and O–H groups in total. The Labute approximate surface area is 179 Å². The van der Waals surface area contributed by atoms with Gasteiger partial charge in [0.05, 0.1) is 4.90 Å². The molecule has 0 fully saturated rings. The Morgan fingerprint density at radius 1 is 1.24 bits per heavy atom. The van der Waals surface area contributed by atoms with Gasteiger partial charge in [0.1, 0.15) is 5.82 Å². The van der Waals surface area contributed by atoms with Crippen molar-refractivity contribution in [2.45, 2.75) is 18.4 Å². The molecule has 2 aromatic rings. The molecule has 0 aliphatic rings. The Hall–Kier alpha value is -2.29. The monoisotopic (exact) mass is 480 g/mol. The van der Waals surface area contributed by atoms with E-state index in [4.69, 9.17) is 0 Å². The van der Waals surface area contributed by atoms with Gasteiger partial charge in [-0.3, -0.25) is 4.79 Å². The molecule has 0 radical (unpaired) electrons. The Morgan fingerprint density at radius 2 is 1.93 bits per heavy atom. The highest BCUT2D eigenvalue weighted by molar-refractivity contribution is 9.10. The van der Waals surface area contributed by atoms with Crippen molar-refractivity contribution in [2.75, 3.05) is 13.1 Å². The van der Waals surface area contributed by atoms with E-state index in [1.165, 1.54) is 29.2 Å². The van der Waals surface area contributed by atoms with Gasteiger partial charge in [-0.2, -0.15) is 0 Å². The Balaban J connectivity index is 2.13. The fraction of sp³-hybridized carbons (Fsp3) is 0.190. The van der Waals surface area contributed by atoms with Crippen LogP contribution in [0.4, 0.5) is 4.39 Å². The number of nitrogens with one attached hydrogen (secondary N) is 1. The number of carbonyl (C=O) groups excluding carboxylic acids is 1. The highest BCUT2D eigenvalue weighted by atomic mass is 79.9. The lowest BCUT2D eigenvalue weighted by atomic mass is 10.2. The third-order valence-electron chi connectivity index (χ3n) is 3.97. The number of amides is 1. The minimum absolute atomic E-state index is 0.0976. The van der Waals surface area contributed by atoms with Gasteiger partial charge in [0.25, 0.3) is 0 Å². The number of nitrogens with zero attached hydrogens (tertiary/aromatic N) is 1. The molecule has 0 aliphatic heterocycles. The lowest BCUT2D eigenvalue weighted by Crippen LogP contribution is -2.29. The van der Waals surface area contributed by atoms with Crippen LogP contribution < -0.4 is 4.72 Å². The normalized spacial score (nSPS) is 11.6. The molecule has 5 nitrogen and oxygen atoms in total. The van der Waals surface area contributed by atoms with Gasteiger partial charge in [-0.1, -0.05) is 41.1 Å². The van der Waals surface area contributed by atoms with Gasteiger partial charge in [0, 0.05) is 35.7 Å². The predicted octanol–water partition coefficient (Wildman–Crippen LogP) is 4.11. The Kier molecular flexibility index (Phi) is 8.31. The maximum absolute atomic E-state index is 14.0. The van der Waals surface area contributed by atoms with Crippen molar-refractivity contribution in [3.05, 3.63) is 82.6 Å². The number of benzene rings is 2. The van der Waals surface area contributed by atoms with Crippen LogP contribution in [0, 0.1) is 5.82 Å². The second kappa shape index (κ2) is 10.5. The molecular weight excluding hydrogens is 459 g/mol. The standard InChI is InChI=1S/C21H22BrFN2O3S/c1-3-13-25(15-17-14-18(22)8-11-20(17)23)21(26)12-7-16-5-9-19(10-6-16)29(27,28)24-4-2/h3,5-12,14,24H,1,4,13,15H2,2H3/b12-7+. The SMILES string of the molecule is C=CCN(Cc1cc(Br)ccc1F)C(=O)/C=C/c1ccc(S(=O)(=O)NCC)cc1. The van der Waals surface area contributed by atoms with Gasteiger partial charge < -0.3 is 4.90 Å². The maximum atomic E-state index is 14.0. The van der Waals surface area contributed by atoms with Crippen molar-refractivity contribution < 1.29 is 17.6 Å². The van der Waals surface area contributed by atoms with E-state index in [9.17, 15) is 17.6 Å². The summed E-state index contributed by atoms with van der Waals surface area (Å²) in [7, 11) is -3.52. The first-order valence-electron chi connectivity index (χ1n) is 8.88. The van der Waals surface area contributed by atoms with Crippen LogP contribution in [0.2, 0.25) is 0 Å². The highest BCUT2D eigenvalue weighted by Crippen LogP contribution is 2.18. The summed E-state index contributed by atoms with van der Waals surface area (Å²) in [5, 5.41) is 0. The number of hydrogen-bond acceptors (Lipinski definition) is 3. The molecular formula is C21H22BrFN2O3S. The molecule has 0 unspecified atom stereocenters. The molecule has 0 saturated heterocycles. The minimum atomic E-state index is -3.52. The highest BCUT2D eigenvalue weighted by Gasteiger charge is 2.14. The first-order valence-corrected chi connectivity index (χ1v) is 11.2. The van der Waals surface area contributed by atoms with Crippen molar-refractivity contribution in [3.8, 4) is 0 Å². The topological polar surface area (TPSA) is 66.5 Å². The molecule has 0 saturated carbocycles. The number of rotatable bonds is 9. The first-order chi connectivity index (χ1) is 13.8. The smallest absolute Gasteiger partial charge is 0.247 e. The van der Waals surface area contributed by atoms with Crippen molar-refractivity contribution >= 4 is 37.9 Å². The average Bonchev–Trinajstić information content (AvgIpc) is 2.68. The summed E-state index contributed by atoms with van der Waals surface area (Å²) in [6, 6.07) is 10.7. The van der Waals surface area contributed by atoms with Crippen LogP contribution in [0.5, 0.6) is 0 Å². The average molecular weight is 481 g/mol. The van der Waals surface area contributed by atoms with Crippen molar-refractivity contribution in [1.29, 1.82) is 0 Å². The van der Waals surface area contributed by atoms with E-state index in [0.717, 1.165) is 4.47 Å². The van der Waals surface area contributed by atoms with Crippen LogP contribution in [-0.2, 0) is 21.4 Å². The van der Waals surface area contributed by atoms with Gasteiger partial charge in [-0.25, -0.2) is 17.5 Å². The van der Waals surface area contributed by atoms with Crippen LogP contribution in [0.1, 0.15) is 18.1 Å². The van der Waals surface area contributed by atoms with Gasteiger partial charge >= 0.3 is 0 Å². The molecule has 0 spiro atoms. The van der Waals surface area contributed by atoms with E-state index in [1.807, 2.05) is 0 Å². The maximum Gasteiger partial charge on any atom is 0.247 e. The summed E-state index contributed by atoms with van der Waals surface area (Å²) in [5.74, 6) is -0.704. The number of hydrogen-bond donors (Lipinski definition) is 1. The van der Waals surface area contributed by atoms with E-state index < -0.39 is 15.8 Å². The number of carbonyl (C=O) groups is 1. The molecule has 154 valence electrons. The lowest BCUT2D eigenvalue weighted by Gasteiger charge is -2.20. The zero-order valence-electron chi connectivity index (χ0n) is 15.9. The van der Waals surface area contributed by atoms with Crippen molar-refractivity contribution in [1.82, 2.24) is 9.62 Å². The van der Waals surface area contributed by atoms with Crippen LogP contribution in [0.15, 0.2) is 70.6 Å². The predicted molar refractivity (Wildman–Crippen MR) is 116 cm³/mol. The molecule has 8 heteroatoms. The largest absolute Gasteiger partial charge is 0.331 e. The third-order valence-corrected chi connectivity index (χ3v) is 6.03. The van der Waals surface area contributed by atoms with Crippen LogP contribution in [-0.4, -0.2) is 32.3 Å². The number of halogens is 2. The van der Waals surface area contributed by atoms with E-state index >= 15 is 0 Å². The minimum Gasteiger partial charge on any atom is -0.331 e. The van der Waals surface area contributed by atoms with Crippen molar-refractivity contribution in [3.63, 3.8) is 0 Å². The first kappa shape index (κ1) is 23.0. The van der Waals surface area contributed by atoms with E-state index in [2.05, 4.69) is 27.2 Å². The lowest BCUT2D eigenvalue weighted by molar-refractivity contribution is -0.126. The Bertz CT molecular complexity index is 1010. The molecule has 0 heterocycles. The quantitative estimate of drug-likeness (QED) is 0.433. The Morgan fingerprint density at radius 3 is 2.55 bits per heavy atom. The third kappa shape index (κ3) is 6.62. The van der Waals surface area contributed by atoms with Crippen LogP contribution in [0.25, 0.3) is 6.08 Å². The molecule has 0 bridgehead atoms. The van der Waals surface area contributed by atoms with Gasteiger partial charge in [0.15, 0.2) is 0 Å². The van der Waals surface area contributed by atoms with Crippen LogP contribution >= 0.6 is 15.9 Å². The molecule has 0 aliphatic carbocycles. The van der Waals surface area contributed by atoms with Crippen molar-refractivity contribution in [2.24, 2.45) is 0 Å². The second-order valence-electron chi connectivity index (χ2n) is 6.15. The van der Waals surface area contributed by atoms with E-state index in [0.29, 0.717) is 17.7 Å². The molecule has 2 aromatic carbocycles. The van der Waals surface area contributed by atoms with Crippen LogP contribution in [0.3, 0.4) is 0 Å².